The third-order valence-corrected chi connectivity index (χ3v) is 4.51. The first-order valence-electron chi connectivity index (χ1n) is 8.57. The van der Waals surface area contributed by atoms with Gasteiger partial charge in [0.1, 0.15) is 6.54 Å². The van der Waals surface area contributed by atoms with Gasteiger partial charge in [-0.15, -0.1) is 0 Å². The number of amides is 1. The minimum atomic E-state index is -0.292. The van der Waals surface area contributed by atoms with Crippen molar-refractivity contribution in [3.63, 3.8) is 0 Å². The minimum absolute atomic E-state index is 0.0792. The van der Waals surface area contributed by atoms with E-state index < -0.39 is 0 Å². The van der Waals surface area contributed by atoms with E-state index in [0.717, 1.165) is 30.6 Å². The predicted octanol–water partition coefficient (Wildman–Crippen LogP) is 1.82. The van der Waals surface area contributed by atoms with E-state index in [4.69, 9.17) is 4.74 Å². The Labute approximate surface area is 146 Å². The second-order valence-corrected chi connectivity index (χ2v) is 6.45. The molecular formula is C19H23N3O3. The third-order valence-electron chi connectivity index (χ3n) is 4.51. The van der Waals surface area contributed by atoms with E-state index in [9.17, 15) is 9.59 Å². The Kier molecular flexibility index (Phi) is 5.28. The Morgan fingerprint density at radius 3 is 2.84 bits per heavy atom. The molecule has 1 aromatic heterocycles. The first kappa shape index (κ1) is 17.4. The zero-order chi connectivity index (χ0) is 17.8. The zero-order valence-corrected chi connectivity index (χ0v) is 14.6. The average molecular weight is 341 g/mol. The molecule has 6 heteroatoms. The Morgan fingerprint density at radius 2 is 2.12 bits per heavy atom. The second kappa shape index (κ2) is 7.61. The molecule has 2 heterocycles. The molecule has 0 unspecified atom stereocenters. The Balaban J connectivity index is 1.71. The lowest BCUT2D eigenvalue weighted by molar-refractivity contribution is -0.122. The molecule has 2 aromatic rings. The second-order valence-electron chi connectivity index (χ2n) is 6.45. The summed E-state index contributed by atoms with van der Waals surface area (Å²) in [6.45, 7) is 5.22. The lowest BCUT2D eigenvalue weighted by atomic mass is 10.0. The van der Waals surface area contributed by atoms with E-state index in [2.05, 4.69) is 10.4 Å². The number of aromatic nitrogens is 2. The molecule has 1 fully saturated rings. The van der Waals surface area contributed by atoms with Crippen molar-refractivity contribution in [3.05, 3.63) is 51.8 Å². The van der Waals surface area contributed by atoms with Crippen molar-refractivity contribution in [1.29, 1.82) is 0 Å². The van der Waals surface area contributed by atoms with Crippen molar-refractivity contribution < 1.29 is 9.53 Å². The molecule has 1 N–H and O–H groups in total. The maximum absolute atomic E-state index is 12.1. The highest BCUT2D eigenvalue weighted by molar-refractivity contribution is 5.75. The number of rotatable bonds is 5. The third kappa shape index (κ3) is 4.33. The summed E-state index contributed by atoms with van der Waals surface area (Å²) in [5.41, 5.74) is 3.67. The summed E-state index contributed by atoms with van der Waals surface area (Å²) in [7, 11) is 0. The Hall–Kier alpha value is -2.47. The molecule has 0 saturated carbocycles. The molecular weight excluding hydrogens is 318 g/mol. The maximum Gasteiger partial charge on any atom is 0.267 e. The summed E-state index contributed by atoms with van der Waals surface area (Å²) >= 11 is 0. The van der Waals surface area contributed by atoms with Crippen molar-refractivity contribution in [3.8, 4) is 11.3 Å². The van der Waals surface area contributed by atoms with Crippen LogP contribution in [-0.2, 0) is 16.1 Å². The molecule has 0 bridgehead atoms. The summed E-state index contributed by atoms with van der Waals surface area (Å²) in [4.78, 5) is 24.1. The number of carbonyl (C=O) groups is 1. The van der Waals surface area contributed by atoms with Gasteiger partial charge in [0.2, 0.25) is 5.91 Å². The van der Waals surface area contributed by atoms with Gasteiger partial charge in [-0.1, -0.05) is 12.1 Å². The molecule has 1 atom stereocenters. The van der Waals surface area contributed by atoms with E-state index in [-0.39, 0.29) is 24.1 Å². The van der Waals surface area contributed by atoms with Gasteiger partial charge < -0.3 is 10.1 Å². The monoisotopic (exact) mass is 341 g/mol. The van der Waals surface area contributed by atoms with E-state index >= 15 is 0 Å². The van der Waals surface area contributed by atoms with E-state index in [0.29, 0.717) is 12.2 Å². The van der Waals surface area contributed by atoms with Gasteiger partial charge in [-0.3, -0.25) is 9.59 Å². The SMILES string of the molecule is Cc1ccc(-c2ccc(=O)n(CC(=O)NC[C@@H]3CCCO3)n2)cc1C. The fourth-order valence-corrected chi connectivity index (χ4v) is 2.84. The van der Waals surface area contributed by atoms with Gasteiger partial charge in [0.05, 0.1) is 11.8 Å². The molecule has 0 radical (unpaired) electrons. The molecule has 0 aliphatic carbocycles. The number of aryl methyl sites for hydroxylation is 2. The number of hydrogen-bond donors (Lipinski definition) is 1. The number of ether oxygens (including phenoxy) is 1. The molecule has 3 rings (SSSR count). The molecule has 1 saturated heterocycles. The molecule has 6 nitrogen and oxygen atoms in total. The summed E-state index contributed by atoms with van der Waals surface area (Å²) in [6.07, 6.45) is 2.07. The number of hydrogen-bond acceptors (Lipinski definition) is 4. The molecule has 1 aliphatic heterocycles. The zero-order valence-electron chi connectivity index (χ0n) is 14.6. The smallest absolute Gasteiger partial charge is 0.267 e. The van der Waals surface area contributed by atoms with Crippen LogP contribution in [0, 0.1) is 13.8 Å². The highest BCUT2D eigenvalue weighted by Crippen LogP contribution is 2.19. The van der Waals surface area contributed by atoms with Gasteiger partial charge in [0.25, 0.3) is 5.56 Å². The molecule has 132 valence electrons. The van der Waals surface area contributed by atoms with E-state index in [1.54, 1.807) is 6.07 Å². The van der Waals surface area contributed by atoms with Gasteiger partial charge in [-0.05, 0) is 49.9 Å². The van der Waals surface area contributed by atoms with Crippen LogP contribution in [0.2, 0.25) is 0 Å². The minimum Gasteiger partial charge on any atom is -0.376 e. The quantitative estimate of drug-likeness (QED) is 0.900. The summed E-state index contributed by atoms with van der Waals surface area (Å²) in [5, 5.41) is 7.16. The van der Waals surface area contributed by atoms with Gasteiger partial charge >= 0.3 is 0 Å². The predicted molar refractivity (Wildman–Crippen MR) is 95.4 cm³/mol. The van der Waals surface area contributed by atoms with Crippen LogP contribution in [0.3, 0.4) is 0 Å². The van der Waals surface area contributed by atoms with E-state index in [1.165, 1.54) is 16.3 Å². The van der Waals surface area contributed by atoms with Gasteiger partial charge in [-0.2, -0.15) is 5.10 Å². The highest BCUT2D eigenvalue weighted by atomic mass is 16.5. The van der Waals surface area contributed by atoms with Gasteiger partial charge in [-0.25, -0.2) is 4.68 Å². The molecule has 0 spiro atoms. The first-order chi connectivity index (χ1) is 12.0. The standard InChI is InChI=1S/C19H23N3O3/c1-13-5-6-15(10-14(13)2)17-7-8-19(24)22(21-17)12-18(23)20-11-16-4-3-9-25-16/h5-8,10,16H,3-4,9,11-12H2,1-2H3,(H,20,23)/t16-/m0/s1. The van der Waals surface area contributed by atoms with Gasteiger partial charge in [0.15, 0.2) is 0 Å². The van der Waals surface area contributed by atoms with Crippen LogP contribution in [-0.4, -0.2) is 34.9 Å². The largest absolute Gasteiger partial charge is 0.376 e. The fourth-order valence-electron chi connectivity index (χ4n) is 2.84. The molecule has 1 amide bonds. The van der Waals surface area contributed by atoms with Crippen LogP contribution >= 0.6 is 0 Å². The number of nitrogens with one attached hydrogen (secondary N) is 1. The number of benzene rings is 1. The molecule has 1 aromatic carbocycles. The van der Waals surface area contributed by atoms with Crippen molar-refractivity contribution in [2.24, 2.45) is 0 Å². The molecule has 25 heavy (non-hydrogen) atoms. The number of nitrogens with zero attached hydrogens (tertiary/aromatic N) is 2. The van der Waals surface area contributed by atoms with Crippen LogP contribution in [0.1, 0.15) is 24.0 Å². The summed E-state index contributed by atoms with van der Waals surface area (Å²) < 4.78 is 6.68. The number of carbonyl (C=O) groups excluding carboxylic acids is 1. The lowest BCUT2D eigenvalue weighted by Gasteiger charge is -2.12. The van der Waals surface area contributed by atoms with Crippen LogP contribution in [0.15, 0.2) is 35.1 Å². The van der Waals surface area contributed by atoms with Crippen molar-refractivity contribution in [1.82, 2.24) is 15.1 Å². The highest BCUT2D eigenvalue weighted by Gasteiger charge is 2.16. The Morgan fingerprint density at radius 1 is 1.28 bits per heavy atom. The maximum atomic E-state index is 12.1. The summed E-state index contributed by atoms with van der Waals surface area (Å²) in [5.74, 6) is -0.234. The van der Waals surface area contributed by atoms with Crippen LogP contribution in [0.25, 0.3) is 11.3 Å². The summed E-state index contributed by atoms with van der Waals surface area (Å²) in [6, 6.07) is 9.16. The van der Waals surface area contributed by atoms with E-state index in [1.807, 2.05) is 32.0 Å². The fraction of sp³-hybridized carbons (Fsp3) is 0.421. The van der Waals surface area contributed by atoms with Crippen molar-refractivity contribution >= 4 is 5.91 Å². The lowest BCUT2D eigenvalue weighted by Crippen LogP contribution is -2.37. The molecule has 1 aliphatic rings. The Bertz CT molecular complexity index is 823. The van der Waals surface area contributed by atoms with Gasteiger partial charge in [0, 0.05) is 24.8 Å². The van der Waals surface area contributed by atoms with Crippen molar-refractivity contribution in [2.75, 3.05) is 13.2 Å². The van der Waals surface area contributed by atoms with Crippen molar-refractivity contribution in [2.45, 2.75) is 39.3 Å². The normalized spacial score (nSPS) is 16.8. The van der Waals surface area contributed by atoms with Crippen LogP contribution in [0.4, 0.5) is 0 Å². The van der Waals surface area contributed by atoms with Crippen LogP contribution in [0.5, 0.6) is 0 Å². The average Bonchev–Trinajstić information content (AvgIpc) is 3.11. The first-order valence-corrected chi connectivity index (χ1v) is 8.57. The topological polar surface area (TPSA) is 73.2 Å². The van der Waals surface area contributed by atoms with Crippen LogP contribution < -0.4 is 10.9 Å².